The molecule has 2 rings (SSSR count). The van der Waals surface area contributed by atoms with Crippen molar-refractivity contribution in [1.29, 1.82) is 0 Å². The van der Waals surface area contributed by atoms with Crippen LogP contribution in [-0.2, 0) is 9.53 Å². The lowest BCUT2D eigenvalue weighted by molar-refractivity contribution is -0.119. The molecule has 0 aromatic carbocycles. The fraction of sp³-hybridized carbons (Fsp3) is 0.727. The van der Waals surface area contributed by atoms with Crippen LogP contribution in [-0.4, -0.2) is 38.3 Å². The van der Waals surface area contributed by atoms with Crippen LogP contribution in [0.25, 0.3) is 0 Å². The van der Waals surface area contributed by atoms with Crippen LogP contribution in [0.5, 0.6) is 0 Å². The SMILES string of the molecule is COC1CC(NC(=O)C(C)=C2CNC2)C1. The first kappa shape index (κ1) is 10.6. The summed E-state index contributed by atoms with van der Waals surface area (Å²) in [4.78, 5) is 11.7. The van der Waals surface area contributed by atoms with Gasteiger partial charge in [0.15, 0.2) is 0 Å². The van der Waals surface area contributed by atoms with Crippen molar-refractivity contribution >= 4 is 5.91 Å². The molecule has 2 N–H and O–H groups in total. The van der Waals surface area contributed by atoms with Crippen molar-refractivity contribution in [3.05, 3.63) is 11.1 Å². The molecule has 15 heavy (non-hydrogen) atoms. The van der Waals surface area contributed by atoms with Crippen LogP contribution in [0.1, 0.15) is 19.8 Å². The lowest BCUT2D eigenvalue weighted by Crippen LogP contribution is -2.48. The smallest absolute Gasteiger partial charge is 0.247 e. The lowest BCUT2D eigenvalue weighted by atomic mass is 9.89. The fourth-order valence-corrected chi connectivity index (χ4v) is 1.85. The van der Waals surface area contributed by atoms with Crippen molar-refractivity contribution in [2.45, 2.75) is 31.9 Å². The maximum atomic E-state index is 11.7. The van der Waals surface area contributed by atoms with Gasteiger partial charge in [0.05, 0.1) is 6.10 Å². The molecule has 0 unspecified atom stereocenters. The van der Waals surface area contributed by atoms with Gasteiger partial charge in [-0.2, -0.15) is 0 Å². The molecule has 1 heterocycles. The summed E-state index contributed by atoms with van der Waals surface area (Å²) in [7, 11) is 1.72. The molecule has 2 fully saturated rings. The second-order valence-corrected chi connectivity index (χ2v) is 4.33. The van der Waals surface area contributed by atoms with E-state index in [9.17, 15) is 4.79 Å². The van der Waals surface area contributed by atoms with E-state index in [0.29, 0.717) is 12.1 Å². The minimum absolute atomic E-state index is 0.0889. The van der Waals surface area contributed by atoms with Gasteiger partial charge < -0.3 is 15.4 Å². The summed E-state index contributed by atoms with van der Waals surface area (Å²) < 4.78 is 5.16. The van der Waals surface area contributed by atoms with Gasteiger partial charge in [-0.25, -0.2) is 0 Å². The van der Waals surface area contributed by atoms with Crippen LogP contribution in [0.4, 0.5) is 0 Å². The van der Waals surface area contributed by atoms with Crippen LogP contribution in [0.15, 0.2) is 11.1 Å². The Kier molecular flexibility index (Phi) is 3.07. The van der Waals surface area contributed by atoms with Gasteiger partial charge in [0.2, 0.25) is 5.91 Å². The second-order valence-electron chi connectivity index (χ2n) is 4.33. The van der Waals surface area contributed by atoms with Gasteiger partial charge in [-0.3, -0.25) is 4.79 Å². The Bertz CT molecular complexity index is 287. The average Bonchev–Trinajstić information content (AvgIpc) is 2.06. The van der Waals surface area contributed by atoms with Crippen LogP contribution in [0, 0.1) is 0 Å². The normalized spacial score (nSPS) is 29.1. The topological polar surface area (TPSA) is 50.4 Å². The zero-order valence-corrected chi connectivity index (χ0v) is 9.30. The van der Waals surface area contributed by atoms with Gasteiger partial charge in [-0.15, -0.1) is 0 Å². The van der Waals surface area contributed by atoms with E-state index in [1.54, 1.807) is 7.11 Å². The fourth-order valence-electron chi connectivity index (χ4n) is 1.85. The number of nitrogens with one attached hydrogen (secondary N) is 2. The van der Waals surface area contributed by atoms with Crippen molar-refractivity contribution in [2.24, 2.45) is 0 Å². The largest absolute Gasteiger partial charge is 0.381 e. The number of hydrogen-bond acceptors (Lipinski definition) is 3. The van der Waals surface area contributed by atoms with Crippen LogP contribution in [0.2, 0.25) is 0 Å². The van der Waals surface area contributed by atoms with Crippen molar-refractivity contribution in [1.82, 2.24) is 10.6 Å². The molecule has 4 nitrogen and oxygen atoms in total. The summed E-state index contributed by atoms with van der Waals surface area (Å²) in [6.45, 7) is 3.63. The predicted octanol–water partition coefficient (Wildman–Crippen LogP) is 0.200. The molecule has 0 spiro atoms. The van der Waals surface area contributed by atoms with Gasteiger partial charge in [0.1, 0.15) is 0 Å². The van der Waals surface area contributed by atoms with Crippen molar-refractivity contribution in [3.63, 3.8) is 0 Å². The average molecular weight is 210 g/mol. The molecule has 2 aliphatic rings. The van der Waals surface area contributed by atoms with E-state index in [4.69, 9.17) is 4.74 Å². The van der Waals surface area contributed by atoms with E-state index in [1.807, 2.05) is 6.92 Å². The highest BCUT2D eigenvalue weighted by atomic mass is 16.5. The first-order valence-corrected chi connectivity index (χ1v) is 5.43. The minimum Gasteiger partial charge on any atom is -0.381 e. The first-order valence-electron chi connectivity index (χ1n) is 5.43. The van der Waals surface area contributed by atoms with Crippen molar-refractivity contribution in [3.8, 4) is 0 Å². The summed E-state index contributed by atoms with van der Waals surface area (Å²) in [5.74, 6) is 0.0889. The van der Waals surface area contributed by atoms with Gasteiger partial charge in [0, 0.05) is 31.8 Å². The standard InChI is InChI=1S/C11H18N2O2/c1-7(8-5-12-6-8)11(14)13-9-3-10(4-9)15-2/h9-10,12H,3-6H2,1-2H3,(H,13,14). The van der Waals surface area contributed by atoms with E-state index in [-0.39, 0.29) is 5.91 Å². The second kappa shape index (κ2) is 4.33. The maximum absolute atomic E-state index is 11.7. The Morgan fingerprint density at radius 2 is 2.13 bits per heavy atom. The van der Waals surface area contributed by atoms with Crippen molar-refractivity contribution < 1.29 is 9.53 Å². The zero-order chi connectivity index (χ0) is 10.8. The Labute approximate surface area is 90.1 Å². The molecule has 1 aliphatic carbocycles. The van der Waals surface area contributed by atoms with Crippen LogP contribution < -0.4 is 10.6 Å². The number of carbonyl (C=O) groups excluding carboxylic acids is 1. The molecule has 1 amide bonds. The zero-order valence-electron chi connectivity index (χ0n) is 9.30. The van der Waals surface area contributed by atoms with Gasteiger partial charge in [-0.1, -0.05) is 0 Å². The predicted molar refractivity (Wildman–Crippen MR) is 57.5 cm³/mol. The van der Waals surface area contributed by atoms with E-state index >= 15 is 0 Å². The minimum atomic E-state index is 0.0889. The molecule has 1 aliphatic heterocycles. The third-order valence-corrected chi connectivity index (χ3v) is 3.31. The summed E-state index contributed by atoms with van der Waals surface area (Å²) in [6.07, 6.45) is 2.24. The van der Waals surface area contributed by atoms with E-state index in [2.05, 4.69) is 10.6 Å². The van der Waals surface area contributed by atoms with Crippen molar-refractivity contribution in [2.75, 3.05) is 20.2 Å². The van der Waals surface area contributed by atoms with E-state index in [1.165, 1.54) is 5.57 Å². The molecule has 0 atom stereocenters. The molecule has 0 bridgehead atoms. The quantitative estimate of drug-likeness (QED) is 0.654. The summed E-state index contributed by atoms with van der Waals surface area (Å²) in [5, 5.41) is 6.16. The highest BCUT2D eigenvalue weighted by Gasteiger charge is 2.30. The molecule has 0 aromatic heterocycles. The van der Waals surface area contributed by atoms with E-state index < -0.39 is 0 Å². The maximum Gasteiger partial charge on any atom is 0.247 e. The number of carbonyl (C=O) groups is 1. The molecule has 0 radical (unpaired) electrons. The highest BCUT2D eigenvalue weighted by molar-refractivity contribution is 5.94. The number of methoxy groups -OCH3 is 1. The van der Waals surface area contributed by atoms with Crippen LogP contribution >= 0.6 is 0 Å². The molecule has 1 saturated heterocycles. The molecule has 1 saturated carbocycles. The summed E-state index contributed by atoms with van der Waals surface area (Å²) >= 11 is 0. The number of hydrogen-bond donors (Lipinski definition) is 2. The van der Waals surface area contributed by atoms with Crippen LogP contribution in [0.3, 0.4) is 0 Å². The third-order valence-electron chi connectivity index (χ3n) is 3.31. The van der Waals surface area contributed by atoms with E-state index in [0.717, 1.165) is 31.5 Å². The Morgan fingerprint density at radius 3 is 2.60 bits per heavy atom. The highest BCUT2D eigenvalue weighted by Crippen LogP contribution is 2.23. The summed E-state index contributed by atoms with van der Waals surface area (Å²) in [6, 6.07) is 0.311. The van der Waals surface area contributed by atoms with Gasteiger partial charge in [0.25, 0.3) is 0 Å². The third kappa shape index (κ3) is 2.21. The summed E-state index contributed by atoms with van der Waals surface area (Å²) in [5.41, 5.74) is 2.12. The number of amides is 1. The number of ether oxygens (including phenoxy) is 1. The monoisotopic (exact) mass is 210 g/mol. The molecular weight excluding hydrogens is 192 g/mol. The number of rotatable bonds is 3. The lowest BCUT2D eigenvalue weighted by Gasteiger charge is -2.35. The molecular formula is C11H18N2O2. The first-order chi connectivity index (χ1) is 7.20. The molecule has 4 heteroatoms. The Morgan fingerprint density at radius 1 is 1.47 bits per heavy atom. The van der Waals surface area contributed by atoms with Gasteiger partial charge >= 0.3 is 0 Å². The Hall–Kier alpha value is -0.870. The molecule has 0 aromatic rings. The molecule has 84 valence electrons. The van der Waals surface area contributed by atoms with Gasteiger partial charge in [-0.05, 0) is 25.3 Å². The Balaban J connectivity index is 1.78.